The number of carboxylic acids is 1. The van der Waals surface area contributed by atoms with Crippen LogP contribution in [0.2, 0.25) is 0 Å². The molecule has 0 radical (unpaired) electrons. The molecule has 2 rings (SSSR count). The topological polar surface area (TPSA) is 70.4 Å². The molecule has 0 aliphatic heterocycles. The molecule has 2 aromatic rings. The molecular formula is C15H15NO3. The molecule has 0 saturated carbocycles. The average Bonchev–Trinajstić information content (AvgIpc) is 2.46. The van der Waals surface area contributed by atoms with Gasteiger partial charge in [-0.3, -0.25) is 9.78 Å². The molecule has 4 heteroatoms. The van der Waals surface area contributed by atoms with Crippen LogP contribution in [-0.2, 0) is 4.79 Å². The maximum atomic E-state index is 10.5. The highest BCUT2D eigenvalue weighted by molar-refractivity contribution is 5.66. The fourth-order valence-corrected chi connectivity index (χ4v) is 1.87. The highest BCUT2D eigenvalue weighted by Gasteiger charge is 2.09. The monoisotopic (exact) mass is 257 g/mol. The van der Waals surface area contributed by atoms with Gasteiger partial charge in [0.15, 0.2) is 0 Å². The fraction of sp³-hybridized carbons (Fsp3) is 0.200. The number of nitrogens with zero attached hydrogens (tertiary/aromatic N) is 1. The lowest BCUT2D eigenvalue weighted by Gasteiger charge is -2.10. The van der Waals surface area contributed by atoms with Crippen molar-refractivity contribution < 1.29 is 15.0 Å². The number of hydrogen-bond donors (Lipinski definition) is 2. The fourth-order valence-electron chi connectivity index (χ4n) is 1.87. The SMILES string of the molecule is O=C(O)CCC(O)c1ccc(-c2ccncc2)cc1. The summed E-state index contributed by atoms with van der Waals surface area (Å²) in [6.45, 7) is 0. The Morgan fingerprint density at radius 2 is 1.63 bits per heavy atom. The minimum Gasteiger partial charge on any atom is -0.481 e. The molecule has 1 aromatic heterocycles. The number of rotatable bonds is 5. The summed E-state index contributed by atoms with van der Waals surface area (Å²) >= 11 is 0. The largest absolute Gasteiger partial charge is 0.481 e. The number of pyridine rings is 1. The number of carbonyl (C=O) groups is 1. The molecule has 0 aliphatic rings. The smallest absolute Gasteiger partial charge is 0.303 e. The number of aromatic nitrogens is 1. The Bertz CT molecular complexity index is 537. The van der Waals surface area contributed by atoms with Gasteiger partial charge in [-0.1, -0.05) is 24.3 Å². The maximum absolute atomic E-state index is 10.5. The van der Waals surface area contributed by atoms with Gasteiger partial charge >= 0.3 is 5.97 Å². The van der Waals surface area contributed by atoms with Crippen LogP contribution in [0.5, 0.6) is 0 Å². The van der Waals surface area contributed by atoms with Crippen LogP contribution in [0.3, 0.4) is 0 Å². The normalized spacial score (nSPS) is 12.1. The molecule has 0 amide bonds. The van der Waals surface area contributed by atoms with Crippen molar-refractivity contribution in [3.05, 3.63) is 54.4 Å². The quantitative estimate of drug-likeness (QED) is 0.863. The van der Waals surface area contributed by atoms with Crippen molar-refractivity contribution in [3.8, 4) is 11.1 Å². The van der Waals surface area contributed by atoms with Crippen molar-refractivity contribution >= 4 is 5.97 Å². The van der Waals surface area contributed by atoms with Crippen LogP contribution in [0.15, 0.2) is 48.8 Å². The number of aliphatic carboxylic acids is 1. The minimum atomic E-state index is -0.896. The Hall–Kier alpha value is -2.20. The van der Waals surface area contributed by atoms with Gasteiger partial charge in [0.2, 0.25) is 0 Å². The van der Waals surface area contributed by atoms with Crippen LogP contribution >= 0.6 is 0 Å². The van der Waals surface area contributed by atoms with E-state index in [-0.39, 0.29) is 12.8 Å². The maximum Gasteiger partial charge on any atom is 0.303 e. The van der Waals surface area contributed by atoms with Crippen LogP contribution in [0.25, 0.3) is 11.1 Å². The lowest BCUT2D eigenvalue weighted by atomic mass is 10.0. The predicted octanol–water partition coefficient (Wildman–Crippen LogP) is 2.65. The van der Waals surface area contributed by atoms with Crippen LogP contribution < -0.4 is 0 Å². The van der Waals surface area contributed by atoms with Crippen molar-refractivity contribution in [3.63, 3.8) is 0 Å². The molecule has 1 heterocycles. The van der Waals surface area contributed by atoms with E-state index < -0.39 is 12.1 Å². The molecular weight excluding hydrogens is 242 g/mol. The van der Waals surface area contributed by atoms with E-state index >= 15 is 0 Å². The first-order valence-corrected chi connectivity index (χ1v) is 6.07. The summed E-state index contributed by atoms with van der Waals surface area (Å²) in [6.07, 6.45) is 2.91. The molecule has 98 valence electrons. The first-order chi connectivity index (χ1) is 9.16. The van der Waals surface area contributed by atoms with Gasteiger partial charge in [-0.15, -0.1) is 0 Å². The molecule has 4 nitrogen and oxygen atoms in total. The average molecular weight is 257 g/mol. The van der Waals surface area contributed by atoms with E-state index in [9.17, 15) is 9.90 Å². The summed E-state index contributed by atoms with van der Waals surface area (Å²) in [7, 11) is 0. The van der Waals surface area contributed by atoms with Crippen LogP contribution in [0.4, 0.5) is 0 Å². The van der Waals surface area contributed by atoms with Crippen molar-refractivity contribution in [1.82, 2.24) is 4.98 Å². The third-order valence-corrected chi connectivity index (χ3v) is 2.94. The predicted molar refractivity (Wildman–Crippen MR) is 71.5 cm³/mol. The van der Waals surface area contributed by atoms with Gasteiger partial charge in [0.1, 0.15) is 0 Å². The standard InChI is InChI=1S/C15H15NO3/c17-14(5-6-15(18)19)13-3-1-11(2-4-13)12-7-9-16-10-8-12/h1-4,7-10,14,17H,5-6H2,(H,18,19). The van der Waals surface area contributed by atoms with Gasteiger partial charge in [0, 0.05) is 18.8 Å². The molecule has 1 aromatic carbocycles. The highest BCUT2D eigenvalue weighted by Crippen LogP contribution is 2.23. The van der Waals surface area contributed by atoms with Gasteiger partial charge in [0.25, 0.3) is 0 Å². The van der Waals surface area contributed by atoms with E-state index in [0.717, 1.165) is 16.7 Å². The second kappa shape index (κ2) is 6.11. The van der Waals surface area contributed by atoms with Crippen molar-refractivity contribution in [2.75, 3.05) is 0 Å². The molecule has 1 atom stereocenters. The van der Waals surface area contributed by atoms with E-state index in [0.29, 0.717) is 0 Å². The Morgan fingerprint density at radius 3 is 2.21 bits per heavy atom. The van der Waals surface area contributed by atoms with Crippen molar-refractivity contribution in [2.24, 2.45) is 0 Å². The summed E-state index contributed by atoms with van der Waals surface area (Å²) < 4.78 is 0. The van der Waals surface area contributed by atoms with Gasteiger partial charge in [0.05, 0.1) is 6.10 Å². The molecule has 0 fully saturated rings. The number of benzene rings is 1. The van der Waals surface area contributed by atoms with Crippen LogP contribution in [0.1, 0.15) is 24.5 Å². The summed E-state index contributed by atoms with van der Waals surface area (Å²) in [5.74, 6) is -0.896. The molecule has 1 unspecified atom stereocenters. The molecule has 0 bridgehead atoms. The van der Waals surface area contributed by atoms with Gasteiger partial charge < -0.3 is 10.2 Å². The van der Waals surface area contributed by atoms with Crippen LogP contribution in [0, 0.1) is 0 Å². The zero-order valence-corrected chi connectivity index (χ0v) is 10.4. The van der Waals surface area contributed by atoms with E-state index in [4.69, 9.17) is 5.11 Å². The highest BCUT2D eigenvalue weighted by atomic mass is 16.4. The van der Waals surface area contributed by atoms with Gasteiger partial charge in [-0.25, -0.2) is 0 Å². The second-order valence-electron chi connectivity index (χ2n) is 4.31. The minimum absolute atomic E-state index is 0.0345. The molecule has 19 heavy (non-hydrogen) atoms. The number of carboxylic acid groups (broad SMARTS) is 1. The zero-order valence-electron chi connectivity index (χ0n) is 10.4. The summed E-state index contributed by atoms with van der Waals surface area (Å²) in [4.78, 5) is 14.4. The van der Waals surface area contributed by atoms with Crippen molar-refractivity contribution in [2.45, 2.75) is 18.9 Å². The molecule has 2 N–H and O–H groups in total. The summed E-state index contributed by atoms with van der Waals surface area (Å²) in [5.41, 5.74) is 2.83. The van der Waals surface area contributed by atoms with Crippen molar-refractivity contribution in [1.29, 1.82) is 0 Å². The number of aliphatic hydroxyl groups excluding tert-OH is 1. The van der Waals surface area contributed by atoms with E-state index in [1.807, 2.05) is 36.4 Å². The lowest BCUT2D eigenvalue weighted by Crippen LogP contribution is -2.02. The summed E-state index contributed by atoms with van der Waals surface area (Å²) in [6, 6.07) is 11.3. The van der Waals surface area contributed by atoms with E-state index in [1.54, 1.807) is 12.4 Å². The van der Waals surface area contributed by atoms with Gasteiger partial charge in [-0.05, 0) is 35.2 Å². The first kappa shape index (κ1) is 13.2. The number of hydrogen-bond acceptors (Lipinski definition) is 3. The Balaban J connectivity index is 2.08. The van der Waals surface area contributed by atoms with E-state index in [1.165, 1.54) is 0 Å². The van der Waals surface area contributed by atoms with E-state index in [2.05, 4.69) is 4.98 Å². The second-order valence-corrected chi connectivity index (χ2v) is 4.31. The third-order valence-electron chi connectivity index (χ3n) is 2.94. The molecule has 0 spiro atoms. The lowest BCUT2D eigenvalue weighted by molar-refractivity contribution is -0.137. The Kier molecular flexibility index (Phi) is 4.26. The Morgan fingerprint density at radius 1 is 1.05 bits per heavy atom. The number of aliphatic hydroxyl groups is 1. The molecule has 0 saturated heterocycles. The van der Waals surface area contributed by atoms with Gasteiger partial charge in [-0.2, -0.15) is 0 Å². The zero-order chi connectivity index (χ0) is 13.7. The molecule has 0 aliphatic carbocycles. The van der Waals surface area contributed by atoms with Crippen LogP contribution in [-0.4, -0.2) is 21.2 Å². The summed E-state index contributed by atoms with van der Waals surface area (Å²) in [5, 5.41) is 18.4. The Labute approximate surface area is 111 Å². The first-order valence-electron chi connectivity index (χ1n) is 6.07. The third kappa shape index (κ3) is 3.63.